The van der Waals surface area contributed by atoms with Crippen molar-refractivity contribution in [3.8, 4) is 0 Å². The highest BCUT2D eigenvalue weighted by Gasteiger charge is 2.35. The van der Waals surface area contributed by atoms with E-state index in [4.69, 9.17) is 10.5 Å². The Morgan fingerprint density at radius 3 is 2.72 bits per heavy atom. The summed E-state index contributed by atoms with van der Waals surface area (Å²) in [5.74, 6) is -0.296. The molecular formula is C19H29N3O3. The number of carbonyl (C=O) groups excluding carboxylic acids is 1. The Kier molecular flexibility index (Phi) is 5.85. The van der Waals surface area contributed by atoms with Gasteiger partial charge in [0.2, 0.25) is 5.91 Å². The number of amides is 1. The van der Waals surface area contributed by atoms with Crippen molar-refractivity contribution in [2.75, 3.05) is 20.2 Å². The summed E-state index contributed by atoms with van der Waals surface area (Å²) in [5, 5.41) is 10.0. The highest BCUT2D eigenvalue weighted by atomic mass is 16.5. The number of carbonyl (C=O) groups is 1. The lowest BCUT2D eigenvalue weighted by molar-refractivity contribution is -0.121. The van der Waals surface area contributed by atoms with Crippen LogP contribution in [0.15, 0.2) is 23.2 Å². The molecule has 0 saturated carbocycles. The summed E-state index contributed by atoms with van der Waals surface area (Å²) >= 11 is 0. The molecule has 25 heavy (non-hydrogen) atoms. The third-order valence-corrected chi connectivity index (χ3v) is 4.39. The quantitative estimate of drug-likeness (QED) is 0.630. The summed E-state index contributed by atoms with van der Waals surface area (Å²) in [6.07, 6.45) is -0.291. The lowest BCUT2D eigenvalue weighted by atomic mass is 9.99. The number of aliphatic hydroxyl groups excluding tert-OH is 1. The summed E-state index contributed by atoms with van der Waals surface area (Å²) in [6, 6.07) is 5.66. The molecule has 0 fully saturated rings. The van der Waals surface area contributed by atoms with E-state index in [-0.39, 0.29) is 5.60 Å². The smallest absolute Gasteiger partial charge is 0.227 e. The second kappa shape index (κ2) is 7.54. The van der Waals surface area contributed by atoms with Gasteiger partial charge in [0.15, 0.2) is 0 Å². The van der Waals surface area contributed by atoms with Crippen LogP contribution in [0.4, 0.5) is 5.69 Å². The second-order valence-electron chi connectivity index (χ2n) is 7.58. The van der Waals surface area contributed by atoms with Crippen LogP contribution in [0.2, 0.25) is 0 Å². The maximum absolute atomic E-state index is 11.6. The van der Waals surface area contributed by atoms with Crippen LogP contribution in [0.5, 0.6) is 0 Å². The first kappa shape index (κ1) is 19.4. The third-order valence-electron chi connectivity index (χ3n) is 4.39. The standard InChI is InChI=1S/C19H29N3O3/c1-12(22(5)8-9-25-19(2,3)4)21-14-7-6-13-10-16(23)17(18(20)24)15(13)11-14/h6-7,11,16-17,23H,8-10H2,1-5H3,(H2,20,24). The monoisotopic (exact) mass is 347 g/mol. The Hall–Kier alpha value is -1.92. The van der Waals surface area contributed by atoms with Gasteiger partial charge < -0.3 is 20.5 Å². The maximum atomic E-state index is 11.6. The number of nitrogens with two attached hydrogens (primary N) is 1. The average molecular weight is 347 g/mol. The number of ether oxygens (including phenoxy) is 1. The molecule has 1 amide bonds. The minimum absolute atomic E-state index is 0.156. The van der Waals surface area contributed by atoms with Gasteiger partial charge >= 0.3 is 0 Å². The molecule has 1 aliphatic rings. The molecular weight excluding hydrogens is 318 g/mol. The van der Waals surface area contributed by atoms with Crippen LogP contribution in [-0.2, 0) is 16.0 Å². The highest BCUT2D eigenvalue weighted by molar-refractivity contribution is 5.85. The van der Waals surface area contributed by atoms with Crippen molar-refractivity contribution in [2.24, 2.45) is 10.7 Å². The van der Waals surface area contributed by atoms with Gasteiger partial charge in [0.25, 0.3) is 0 Å². The molecule has 0 aliphatic heterocycles. The molecule has 2 unspecified atom stereocenters. The maximum Gasteiger partial charge on any atom is 0.227 e. The van der Waals surface area contributed by atoms with Crippen molar-refractivity contribution in [1.82, 2.24) is 4.90 Å². The fourth-order valence-electron chi connectivity index (χ4n) is 2.94. The third kappa shape index (κ3) is 5.03. The van der Waals surface area contributed by atoms with Crippen molar-refractivity contribution >= 4 is 17.4 Å². The molecule has 1 aliphatic carbocycles. The number of primary amides is 1. The van der Waals surface area contributed by atoms with E-state index in [0.717, 1.165) is 29.2 Å². The average Bonchev–Trinajstić information content (AvgIpc) is 2.80. The predicted octanol–water partition coefficient (Wildman–Crippen LogP) is 1.97. The summed E-state index contributed by atoms with van der Waals surface area (Å²) < 4.78 is 5.74. The Labute approximate surface area is 149 Å². The van der Waals surface area contributed by atoms with E-state index < -0.39 is 17.9 Å². The minimum Gasteiger partial charge on any atom is -0.392 e. The molecule has 138 valence electrons. The van der Waals surface area contributed by atoms with E-state index in [1.54, 1.807) is 0 Å². The van der Waals surface area contributed by atoms with Crippen molar-refractivity contribution < 1.29 is 14.6 Å². The summed E-state index contributed by atoms with van der Waals surface area (Å²) in [5.41, 5.74) is 7.77. The van der Waals surface area contributed by atoms with E-state index in [1.807, 2.05) is 57.8 Å². The van der Waals surface area contributed by atoms with E-state index in [1.165, 1.54) is 0 Å². The van der Waals surface area contributed by atoms with Crippen LogP contribution in [-0.4, -0.2) is 53.7 Å². The van der Waals surface area contributed by atoms with E-state index in [2.05, 4.69) is 4.99 Å². The van der Waals surface area contributed by atoms with Crippen molar-refractivity contribution in [3.05, 3.63) is 29.3 Å². The fraction of sp³-hybridized carbons (Fsp3) is 0.579. The van der Waals surface area contributed by atoms with E-state index in [0.29, 0.717) is 13.0 Å². The van der Waals surface area contributed by atoms with Crippen LogP contribution >= 0.6 is 0 Å². The van der Waals surface area contributed by atoms with Gasteiger partial charge in [0.1, 0.15) is 5.84 Å². The second-order valence-corrected chi connectivity index (χ2v) is 7.58. The van der Waals surface area contributed by atoms with Crippen molar-refractivity contribution in [1.29, 1.82) is 0 Å². The molecule has 6 nitrogen and oxygen atoms in total. The largest absolute Gasteiger partial charge is 0.392 e. The number of likely N-dealkylation sites (N-methyl/N-ethyl adjacent to an activating group) is 1. The zero-order valence-electron chi connectivity index (χ0n) is 15.7. The van der Waals surface area contributed by atoms with Crippen LogP contribution < -0.4 is 5.73 Å². The van der Waals surface area contributed by atoms with Gasteiger partial charge in [-0.1, -0.05) is 6.07 Å². The Morgan fingerprint density at radius 2 is 2.12 bits per heavy atom. The number of amidine groups is 1. The number of benzene rings is 1. The first-order valence-corrected chi connectivity index (χ1v) is 8.59. The first-order valence-electron chi connectivity index (χ1n) is 8.59. The van der Waals surface area contributed by atoms with Crippen LogP contribution in [0.25, 0.3) is 0 Å². The van der Waals surface area contributed by atoms with Gasteiger partial charge in [-0.25, -0.2) is 4.99 Å². The van der Waals surface area contributed by atoms with Gasteiger partial charge in [-0.3, -0.25) is 4.79 Å². The van der Waals surface area contributed by atoms with Crippen LogP contribution in [0.3, 0.4) is 0 Å². The number of hydrogen-bond donors (Lipinski definition) is 2. The van der Waals surface area contributed by atoms with Gasteiger partial charge in [0, 0.05) is 13.6 Å². The fourth-order valence-corrected chi connectivity index (χ4v) is 2.94. The molecule has 2 atom stereocenters. The molecule has 1 aromatic carbocycles. The van der Waals surface area contributed by atoms with Gasteiger partial charge in [0.05, 0.1) is 29.9 Å². The number of fused-ring (bicyclic) bond motifs is 1. The topological polar surface area (TPSA) is 88.1 Å². The Bertz CT molecular complexity index is 664. The predicted molar refractivity (Wildman–Crippen MR) is 99.2 cm³/mol. The number of aliphatic hydroxyl groups is 1. The highest BCUT2D eigenvalue weighted by Crippen LogP contribution is 2.35. The van der Waals surface area contributed by atoms with E-state index in [9.17, 15) is 9.90 Å². The number of rotatable bonds is 5. The summed E-state index contributed by atoms with van der Waals surface area (Å²) in [6.45, 7) is 9.38. The lowest BCUT2D eigenvalue weighted by Crippen LogP contribution is -2.31. The molecule has 0 bridgehead atoms. The van der Waals surface area contributed by atoms with Crippen LogP contribution in [0, 0.1) is 0 Å². The summed E-state index contributed by atoms with van der Waals surface area (Å²) in [4.78, 5) is 18.3. The number of aliphatic imine (C=N–C) groups is 1. The first-order chi connectivity index (χ1) is 11.6. The number of nitrogens with zero attached hydrogens (tertiary/aromatic N) is 2. The minimum atomic E-state index is -0.745. The van der Waals surface area contributed by atoms with E-state index >= 15 is 0 Å². The molecule has 2 rings (SSSR count). The molecule has 0 saturated heterocycles. The Morgan fingerprint density at radius 1 is 1.44 bits per heavy atom. The molecule has 0 heterocycles. The molecule has 0 aromatic heterocycles. The molecule has 0 radical (unpaired) electrons. The molecule has 6 heteroatoms. The number of hydrogen-bond acceptors (Lipinski definition) is 4. The molecule has 1 aromatic rings. The van der Waals surface area contributed by atoms with Gasteiger partial charge in [-0.05, 0) is 57.4 Å². The van der Waals surface area contributed by atoms with Crippen molar-refractivity contribution in [2.45, 2.75) is 51.7 Å². The Balaban J connectivity index is 2.09. The zero-order chi connectivity index (χ0) is 18.8. The van der Waals surface area contributed by atoms with Gasteiger partial charge in [-0.15, -0.1) is 0 Å². The zero-order valence-corrected chi connectivity index (χ0v) is 15.7. The van der Waals surface area contributed by atoms with Gasteiger partial charge in [-0.2, -0.15) is 0 Å². The lowest BCUT2D eigenvalue weighted by Gasteiger charge is -2.23. The normalized spacial score (nSPS) is 20.5. The van der Waals surface area contributed by atoms with Crippen molar-refractivity contribution in [3.63, 3.8) is 0 Å². The van der Waals surface area contributed by atoms with Crippen LogP contribution in [0.1, 0.15) is 44.7 Å². The molecule has 3 N–H and O–H groups in total. The SMILES string of the molecule is CC(=Nc1ccc2c(c1)C(C(N)=O)C(O)C2)N(C)CCOC(C)(C)C. The molecule has 0 spiro atoms. The summed E-state index contributed by atoms with van der Waals surface area (Å²) in [7, 11) is 1.97.